The molecule has 0 spiro atoms. The zero-order valence-corrected chi connectivity index (χ0v) is 13.6. The number of halogens is 1. The SMILES string of the molecule is Cc1sc(CCl)cc1S(=O)(=O)N1C[C@@H](C)O[C@@H](C)C1. The van der Waals surface area contributed by atoms with Gasteiger partial charge in [0.2, 0.25) is 10.0 Å². The molecule has 7 heteroatoms. The molecule has 2 atom stereocenters. The monoisotopic (exact) mass is 323 g/mol. The van der Waals surface area contributed by atoms with Gasteiger partial charge in [-0.3, -0.25) is 0 Å². The Kier molecular flexibility index (Phi) is 4.57. The van der Waals surface area contributed by atoms with Gasteiger partial charge in [0.15, 0.2) is 0 Å². The number of nitrogens with zero attached hydrogens (tertiary/aromatic N) is 1. The summed E-state index contributed by atoms with van der Waals surface area (Å²) in [6, 6.07) is 1.69. The Morgan fingerprint density at radius 1 is 1.42 bits per heavy atom. The number of hydrogen-bond donors (Lipinski definition) is 0. The first kappa shape index (κ1) is 15.3. The van der Waals surface area contributed by atoms with E-state index in [2.05, 4.69) is 0 Å². The topological polar surface area (TPSA) is 46.6 Å². The predicted molar refractivity (Wildman–Crippen MR) is 77.4 cm³/mol. The Morgan fingerprint density at radius 3 is 2.47 bits per heavy atom. The largest absolute Gasteiger partial charge is 0.373 e. The lowest BCUT2D eigenvalue weighted by Crippen LogP contribution is -2.48. The molecule has 1 aromatic heterocycles. The van der Waals surface area contributed by atoms with Crippen LogP contribution in [0, 0.1) is 6.92 Å². The van der Waals surface area contributed by atoms with Gasteiger partial charge in [0.05, 0.1) is 23.0 Å². The Balaban J connectivity index is 2.33. The highest BCUT2D eigenvalue weighted by Crippen LogP contribution is 2.30. The van der Waals surface area contributed by atoms with Gasteiger partial charge in [0, 0.05) is 22.8 Å². The molecule has 0 saturated carbocycles. The minimum atomic E-state index is -3.44. The lowest BCUT2D eigenvalue weighted by Gasteiger charge is -2.34. The highest BCUT2D eigenvalue weighted by atomic mass is 35.5. The van der Waals surface area contributed by atoms with Gasteiger partial charge in [-0.1, -0.05) is 0 Å². The van der Waals surface area contributed by atoms with Crippen LogP contribution in [0.5, 0.6) is 0 Å². The molecule has 0 unspecified atom stereocenters. The normalized spacial score (nSPS) is 25.7. The maximum absolute atomic E-state index is 12.7. The third kappa shape index (κ3) is 3.13. The second-order valence-corrected chi connectivity index (χ2v) is 8.36. The minimum Gasteiger partial charge on any atom is -0.373 e. The molecule has 0 aliphatic carbocycles. The standard InChI is InChI=1S/C12H18ClNO3S2/c1-8-6-14(7-9(2)17-8)19(15,16)12-4-11(5-13)18-10(12)3/h4,8-9H,5-7H2,1-3H3/t8-,9+. The van der Waals surface area contributed by atoms with Gasteiger partial charge in [-0.25, -0.2) is 8.42 Å². The molecule has 2 heterocycles. The van der Waals surface area contributed by atoms with Crippen LogP contribution in [0.2, 0.25) is 0 Å². The number of sulfonamides is 1. The third-order valence-electron chi connectivity index (χ3n) is 3.06. The van der Waals surface area contributed by atoms with Crippen molar-refractivity contribution in [1.29, 1.82) is 0 Å². The van der Waals surface area contributed by atoms with Gasteiger partial charge in [0.1, 0.15) is 0 Å². The van der Waals surface area contributed by atoms with Crippen molar-refractivity contribution in [2.24, 2.45) is 0 Å². The molecular formula is C12H18ClNO3S2. The molecule has 1 aromatic rings. The summed E-state index contributed by atoms with van der Waals surface area (Å²) in [7, 11) is -3.44. The molecule has 0 N–H and O–H groups in total. The fourth-order valence-corrected chi connectivity index (χ4v) is 5.60. The third-order valence-corrected chi connectivity index (χ3v) is 6.64. The molecular weight excluding hydrogens is 306 g/mol. The van der Waals surface area contributed by atoms with E-state index in [0.717, 1.165) is 9.75 Å². The molecule has 0 amide bonds. The Hall–Kier alpha value is -0.140. The maximum Gasteiger partial charge on any atom is 0.244 e. The van der Waals surface area contributed by atoms with Crippen LogP contribution in [0.3, 0.4) is 0 Å². The number of aryl methyl sites for hydroxylation is 1. The Bertz CT molecular complexity index is 545. The summed E-state index contributed by atoms with van der Waals surface area (Å²) in [5, 5.41) is 0. The maximum atomic E-state index is 12.7. The Morgan fingerprint density at radius 2 is 2.00 bits per heavy atom. The quantitative estimate of drug-likeness (QED) is 0.803. The van der Waals surface area contributed by atoms with E-state index in [1.807, 2.05) is 20.8 Å². The van der Waals surface area contributed by atoms with Crippen LogP contribution in [-0.2, 0) is 20.6 Å². The zero-order chi connectivity index (χ0) is 14.2. The van der Waals surface area contributed by atoms with Crippen molar-refractivity contribution in [2.45, 2.75) is 43.8 Å². The fourth-order valence-electron chi connectivity index (χ4n) is 2.31. The molecule has 0 aromatic carbocycles. The van der Waals surface area contributed by atoms with Crippen LogP contribution in [0.1, 0.15) is 23.6 Å². The zero-order valence-electron chi connectivity index (χ0n) is 11.2. The highest BCUT2D eigenvalue weighted by molar-refractivity contribution is 7.89. The van der Waals surface area contributed by atoms with E-state index in [1.165, 1.54) is 15.6 Å². The number of alkyl halides is 1. The lowest BCUT2D eigenvalue weighted by molar-refractivity contribution is -0.0440. The predicted octanol–water partition coefficient (Wildman–Crippen LogP) is 2.59. The molecule has 0 bridgehead atoms. The van der Waals surface area contributed by atoms with Gasteiger partial charge in [0.25, 0.3) is 0 Å². The number of hydrogen-bond acceptors (Lipinski definition) is 4. The first-order chi connectivity index (χ1) is 8.84. The number of thiophene rings is 1. The van der Waals surface area contributed by atoms with E-state index in [1.54, 1.807) is 6.07 Å². The molecule has 1 aliphatic rings. The van der Waals surface area contributed by atoms with Crippen LogP contribution < -0.4 is 0 Å². The summed E-state index contributed by atoms with van der Waals surface area (Å²) in [6.45, 7) is 6.41. The van der Waals surface area contributed by atoms with Gasteiger partial charge in [-0.2, -0.15) is 4.31 Å². The van der Waals surface area contributed by atoms with Crippen molar-refractivity contribution in [3.8, 4) is 0 Å². The molecule has 108 valence electrons. The van der Waals surface area contributed by atoms with E-state index in [0.29, 0.717) is 23.9 Å². The van der Waals surface area contributed by atoms with Crippen molar-refractivity contribution >= 4 is 33.0 Å². The highest BCUT2D eigenvalue weighted by Gasteiger charge is 2.33. The van der Waals surface area contributed by atoms with Crippen molar-refractivity contribution < 1.29 is 13.2 Å². The Labute approximate surface area is 123 Å². The van der Waals surface area contributed by atoms with Crippen molar-refractivity contribution in [3.05, 3.63) is 15.8 Å². The van der Waals surface area contributed by atoms with E-state index in [9.17, 15) is 8.42 Å². The summed E-state index contributed by atoms with van der Waals surface area (Å²) in [5.74, 6) is 0.344. The van der Waals surface area contributed by atoms with Crippen LogP contribution in [0.15, 0.2) is 11.0 Å². The average molecular weight is 324 g/mol. The second kappa shape index (κ2) is 5.69. The fraction of sp³-hybridized carbons (Fsp3) is 0.667. The number of rotatable bonds is 3. The summed E-state index contributed by atoms with van der Waals surface area (Å²) in [4.78, 5) is 2.06. The summed E-state index contributed by atoms with van der Waals surface area (Å²) in [6.07, 6.45) is -0.157. The lowest BCUT2D eigenvalue weighted by atomic mass is 10.3. The smallest absolute Gasteiger partial charge is 0.244 e. The summed E-state index contributed by atoms with van der Waals surface area (Å²) < 4.78 is 32.4. The molecule has 4 nitrogen and oxygen atoms in total. The summed E-state index contributed by atoms with van der Waals surface area (Å²) in [5.41, 5.74) is 0. The minimum absolute atomic E-state index is 0.0787. The molecule has 19 heavy (non-hydrogen) atoms. The second-order valence-electron chi connectivity index (χ2n) is 4.85. The molecule has 0 radical (unpaired) electrons. The van der Waals surface area contributed by atoms with Crippen molar-refractivity contribution in [2.75, 3.05) is 13.1 Å². The van der Waals surface area contributed by atoms with Gasteiger partial charge >= 0.3 is 0 Å². The molecule has 1 fully saturated rings. The van der Waals surface area contributed by atoms with Crippen LogP contribution in [0.4, 0.5) is 0 Å². The van der Waals surface area contributed by atoms with E-state index in [-0.39, 0.29) is 12.2 Å². The molecule has 2 rings (SSSR count). The average Bonchev–Trinajstić information content (AvgIpc) is 2.70. The van der Waals surface area contributed by atoms with Crippen LogP contribution >= 0.6 is 22.9 Å². The first-order valence-electron chi connectivity index (χ1n) is 6.15. The van der Waals surface area contributed by atoms with E-state index < -0.39 is 10.0 Å². The van der Waals surface area contributed by atoms with Crippen molar-refractivity contribution in [1.82, 2.24) is 4.31 Å². The molecule has 1 saturated heterocycles. The van der Waals surface area contributed by atoms with Crippen molar-refractivity contribution in [3.63, 3.8) is 0 Å². The first-order valence-corrected chi connectivity index (χ1v) is 8.94. The van der Waals surface area contributed by atoms with Crippen LogP contribution in [0.25, 0.3) is 0 Å². The van der Waals surface area contributed by atoms with E-state index in [4.69, 9.17) is 16.3 Å². The summed E-state index contributed by atoms with van der Waals surface area (Å²) >= 11 is 7.21. The van der Waals surface area contributed by atoms with Gasteiger partial charge in [-0.15, -0.1) is 22.9 Å². The van der Waals surface area contributed by atoms with E-state index >= 15 is 0 Å². The van der Waals surface area contributed by atoms with Gasteiger partial charge in [-0.05, 0) is 26.8 Å². The number of ether oxygens (including phenoxy) is 1. The number of morpholine rings is 1. The molecule has 1 aliphatic heterocycles. The van der Waals surface area contributed by atoms with Gasteiger partial charge < -0.3 is 4.74 Å². The van der Waals surface area contributed by atoms with Crippen LogP contribution in [-0.4, -0.2) is 38.0 Å².